The Morgan fingerprint density at radius 1 is 1.03 bits per heavy atom. The molecule has 0 saturated carbocycles. The Hall–Kier alpha value is -3.81. The van der Waals surface area contributed by atoms with Crippen molar-refractivity contribution in [3.05, 3.63) is 54.1 Å². The van der Waals surface area contributed by atoms with E-state index >= 15 is 0 Å². The predicted octanol–water partition coefficient (Wildman–Crippen LogP) is 5.83. The van der Waals surface area contributed by atoms with Crippen LogP contribution < -0.4 is 5.32 Å². The second-order valence-electron chi connectivity index (χ2n) is 11.0. The number of piperidine rings is 1. The molecular formula is C30H37N5O3. The van der Waals surface area contributed by atoms with Crippen LogP contribution in [0.25, 0.3) is 33.5 Å². The molecule has 2 amide bonds. The van der Waals surface area contributed by atoms with Gasteiger partial charge in [-0.25, -0.2) is 9.78 Å². The third-order valence-corrected chi connectivity index (χ3v) is 7.10. The van der Waals surface area contributed by atoms with Gasteiger partial charge in [0.05, 0.1) is 16.7 Å². The van der Waals surface area contributed by atoms with Gasteiger partial charge in [0.25, 0.3) is 5.91 Å². The monoisotopic (exact) mass is 515 g/mol. The molecule has 1 saturated heterocycles. The summed E-state index contributed by atoms with van der Waals surface area (Å²) in [6.45, 7) is 12.5. The van der Waals surface area contributed by atoms with E-state index in [1.54, 1.807) is 0 Å². The fourth-order valence-electron chi connectivity index (χ4n) is 5.45. The SMILES string of the molecule is CCn1c(-c2nc3cc(C(=O)N4CCCC(NC(=O)OC(C)(C)C)C4)ccc3n2CC)cc2ccccc21. The van der Waals surface area contributed by atoms with E-state index in [1.165, 1.54) is 10.9 Å². The first-order valence-electron chi connectivity index (χ1n) is 13.6. The van der Waals surface area contributed by atoms with Crippen LogP contribution in [0, 0.1) is 0 Å². The summed E-state index contributed by atoms with van der Waals surface area (Å²) in [4.78, 5) is 32.6. The minimum absolute atomic E-state index is 0.0436. The number of hydrogen-bond donors (Lipinski definition) is 1. The molecular weight excluding hydrogens is 478 g/mol. The highest BCUT2D eigenvalue weighted by Gasteiger charge is 2.28. The number of ether oxygens (including phenoxy) is 1. The zero-order valence-corrected chi connectivity index (χ0v) is 23.0. The van der Waals surface area contributed by atoms with Crippen molar-refractivity contribution in [2.24, 2.45) is 0 Å². The average molecular weight is 516 g/mol. The Labute approximate surface area is 223 Å². The molecule has 1 atom stereocenters. The lowest BCUT2D eigenvalue weighted by molar-refractivity contribution is 0.0452. The smallest absolute Gasteiger partial charge is 0.407 e. The Balaban J connectivity index is 1.41. The molecule has 1 unspecified atom stereocenters. The number of imidazole rings is 1. The van der Waals surface area contributed by atoms with Gasteiger partial charge >= 0.3 is 6.09 Å². The van der Waals surface area contributed by atoms with Gasteiger partial charge in [-0.1, -0.05) is 18.2 Å². The van der Waals surface area contributed by atoms with Gasteiger partial charge in [0.1, 0.15) is 5.60 Å². The van der Waals surface area contributed by atoms with E-state index in [0.717, 1.165) is 48.5 Å². The van der Waals surface area contributed by atoms with Gasteiger partial charge in [-0.05, 0) is 77.8 Å². The van der Waals surface area contributed by atoms with Crippen molar-refractivity contribution >= 4 is 33.9 Å². The van der Waals surface area contributed by atoms with Crippen molar-refractivity contribution in [2.45, 2.75) is 72.2 Å². The van der Waals surface area contributed by atoms with E-state index in [1.807, 2.05) is 43.9 Å². The summed E-state index contributed by atoms with van der Waals surface area (Å²) < 4.78 is 9.91. The highest BCUT2D eigenvalue weighted by atomic mass is 16.6. The molecule has 1 N–H and O–H groups in total. The van der Waals surface area contributed by atoms with Crippen LogP contribution in [0.5, 0.6) is 0 Å². The third-order valence-electron chi connectivity index (χ3n) is 7.10. The molecule has 200 valence electrons. The Morgan fingerprint density at radius 2 is 1.79 bits per heavy atom. The number of alkyl carbamates (subject to hydrolysis) is 1. The average Bonchev–Trinajstić information content (AvgIpc) is 3.44. The molecule has 5 rings (SSSR count). The van der Waals surface area contributed by atoms with E-state index in [9.17, 15) is 9.59 Å². The minimum Gasteiger partial charge on any atom is -0.444 e. The summed E-state index contributed by atoms with van der Waals surface area (Å²) in [6, 6.07) is 16.2. The van der Waals surface area contributed by atoms with Gasteiger partial charge in [0.2, 0.25) is 0 Å². The van der Waals surface area contributed by atoms with Crippen LogP contribution in [0.1, 0.15) is 57.8 Å². The standard InChI is InChI=1S/C30H37N5O3/c1-6-34-24-13-9-8-11-20(24)18-26(34)27-32-23-17-21(14-15-25(23)35(27)7-2)28(36)33-16-10-12-22(19-33)31-29(37)38-30(3,4)5/h8-9,11,13-15,17-18,22H,6-7,10,12,16,19H2,1-5H3,(H,31,37). The van der Waals surface area contributed by atoms with Crippen molar-refractivity contribution in [1.82, 2.24) is 24.3 Å². The Kier molecular flexibility index (Phi) is 6.90. The normalized spacial score (nSPS) is 16.2. The number of para-hydroxylation sites is 1. The molecule has 0 radical (unpaired) electrons. The molecule has 1 aliphatic rings. The number of likely N-dealkylation sites (tertiary alicyclic amines) is 1. The second kappa shape index (κ2) is 10.2. The largest absolute Gasteiger partial charge is 0.444 e. The zero-order valence-electron chi connectivity index (χ0n) is 23.0. The number of fused-ring (bicyclic) bond motifs is 2. The second-order valence-corrected chi connectivity index (χ2v) is 11.0. The van der Waals surface area contributed by atoms with Crippen LogP contribution in [-0.4, -0.2) is 55.8 Å². The zero-order chi connectivity index (χ0) is 27.0. The first-order valence-corrected chi connectivity index (χ1v) is 13.6. The maximum atomic E-state index is 13.5. The summed E-state index contributed by atoms with van der Waals surface area (Å²) in [6.07, 6.45) is 1.20. The molecule has 38 heavy (non-hydrogen) atoms. The summed E-state index contributed by atoms with van der Waals surface area (Å²) >= 11 is 0. The number of rotatable bonds is 5. The van der Waals surface area contributed by atoms with Crippen molar-refractivity contribution in [3.8, 4) is 11.5 Å². The molecule has 2 aromatic heterocycles. The maximum Gasteiger partial charge on any atom is 0.407 e. The molecule has 1 fully saturated rings. The molecule has 0 spiro atoms. The van der Waals surface area contributed by atoms with Crippen LogP contribution in [0.4, 0.5) is 4.79 Å². The van der Waals surface area contributed by atoms with E-state index in [0.29, 0.717) is 18.7 Å². The molecule has 8 nitrogen and oxygen atoms in total. The van der Waals surface area contributed by atoms with Crippen molar-refractivity contribution in [1.29, 1.82) is 0 Å². The van der Waals surface area contributed by atoms with Gasteiger partial charge < -0.3 is 24.1 Å². The third kappa shape index (κ3) is 4.99. The van der Waals surface area contributed by atoms with Crippen LogP contribution in [-0.2, 0) is 17.8 Å². The number of aryl methyl sites for hydroxylation is 2. The number of carbonyl (C=O) groups is 2. The van der Waals surface area contributed by atoms with Crippen LogP contribution in [0.2, 0.25) is 0 Å². The number of aromatic nitrogens is 3. The van der Waals surface area contributed by atoms with Gasteiger partial charge in [0, 0.05) is 48.7 Å². The Morgan fingerprint density at radius 3 is 2.53 bits per heavy atom. The van der Waals surface area contributed by atoms with Gasteiger partial charge in [-0.15, -0.1) is 0 Å². The number of amides is 2. The molecule has 4 aromatic rings. The molecule has 1 aliphatic heterocycles. The topological polar surface area (TPSA) is 81.4 Å². The molecule has 8 heteroatoms. The van der Waals surface area contributed by atoms with E-state index in [4.69, 9.17) is 9.72 Å². The summed E-state index contributed by atoms with van der Waals surface area (Å²) in [5, 5.41) is 4.12. The Bertz CT molecular complexity index is 1490. The lowest BCUT2D eigenvalue weighted by atomic mass is 10.0. The van der Waals surface area contributed by atoms with Crippen LogP contribution >= 0.6 is 0 Å². The quantitative estimate of drug-likeness (QED) is 0.363. The number of nitrogens with one attached hydrogen (secondary N) is 1. The number of carbonyl (C=O) groups excluding carboxylic acids is 2. The fraction of sp³-hybridized carbons (Fsp3) is 0.433. The molecule has 0 aliphatic carbocycles. The van der Waals surface area contributed by atoms with Gasteiger partial charge in [-0.2, -0.15) is 0 Å². The summed E-state index contributed by atoms with van der Waals surface area (Å²) in [5.41, 5.74) is 4.13. The number of hydrogen-bond acceptors (Lipinski definition) is 4. The maximum absolute atomic E-state index is 13.5. The highest BCUT2D eigenvalue weighted by Crippen LogP contribution is 2.31. The fourth-order valence-corrected chi connectivity index (χ4v) is 5.45. The van der Waals surface area contributed by atoms with Gasteiger partial charge in [0.15, 0.2) is 5.82 Å². The van der Waals surface area contributed by atoms with Gasteiger partial charge in [-0.3, -0.25) is 4.79 Å². The first kappa shape index (κ1) is 25.8. The van der Waals surface area contributed by atoms with Crippen LogP contribution in [0.15, 0.2) is 48.5 Å². The van der Waals surface area contributed by atoms with Crippen molar-refractivity contribution in [2.75, 3.05) is 13.1 Å². The predicted molar refractivity (Wildman–Crippen MR) is 150 cm³/mol. The van der Waals surface area contributed by atoms with Crippen molar-refractivity contribution in [3.63, 3.8) is 0 Å². The molecule has 2 aromatic carbocycles. The molecule has 3 heterocycles. The highest BCUT2D eigenvalue weighted by molar-refractivity contribution is 5.98. The molecule has 0 bridgehead atoms. The summed E-state index contributed by atoms with van der Waals surface area (Å²) in [7, 11) is 0. The first-order chi connectivity index (χ1) is 18.2. The number of nitrogens with zero attached hydrogens (tertiary/aromatic N) is 4. The van der Waals surface area contributed by atoms with Crippen molar-refractivity contribution < 1.29 is 14.3 Å². The summed E-state index contributed by atoms with van der Waals surface area (Å²) in [5.74, 6) is 0.864. The van der Waals surface area contributed by atoms with E-state index in [2.05, 4.69) is 58.6 Å². The van der Waals surface area contributed by atoms with E-state index < -0.39 is 11.7 Å². The minimum atomic E-state index is -0.560. The lowest BCUT2D eigenvalue weighted by Crippen LogP contribution is -2.50. The lowest BCUT2D eigenvalue weighted by Gasteiger charge is -2.33. The van der Waals surface area contributed by atoms with Crippen LogP contribution in [0.3, 0.4) is 0 Å². The van der Waals surface area contributed by atoms with E-state index in [-0.39, 0.29) is 11.9 Å². The number of benzene rings is 2.